The van der Waals surface area contributed by atoms with E-state index in [4.69, 9.17) is 5.11 Å². The summed E-state index contributed by atoms with van der Waals surface area (Å²) in [6, 6.07) is 1.66. The van der Waals surface area contributed by atoms with Crippen LogP contribution in [0.3, 0.4) is 0 Å². The van der Waals surface area contributed by atoms with Crippen LogP contribution in [0.2, 0.25) is 0 Å². The van der Waals surface area contributed by atoms with Crippen molar-refractivity contribution in [3.63, 3.8) is 0 Å². The topological polar surface area (TPSA) is 119 Å². The van der Waals surface area contributed by atoms with E-state index in [2.05, 4.69) is 10.3 Å². The first-order chi connectivity index (χ1) is 9.12. The van der Waals surface area contributed by atoms with Gasteiger partial charge in [-0.15, -0.1) is 0 Å². The van der Waals surface area contributed by atoms with Crippen molar-refractivity contribution < 1.29 is 19.8 Å². The van der Waals surface area contributed by atoms with Crippen molar-refractivity contribution in [2.75, 3.05) is 6.54 Å². The monoisotopic (exact) mass is 282 g/mol. The molecule has 1 rings (SSSR count). The Labute approximate surface area is 115 Å². The number of pyridine rings is 1. The average Bonchev–Trinajstić information content (AvgIpc) is 2.23. The molecule has 0 aromatic carbocycles. The lowest BCUT2D eigenvalue weighted by molar-refractivity contribution is -0.141. The summed E-state index contributed by atoms with van der Waals surface area (Å²) in [5, 5.41) is 20.8. The van der Waals surface area contributed by atoms with Gasteiger partial charge in [0.15, 0.2) is 0 Å². The number of hydrogen-bond acceptors (Lipinski definition) is 4. The highest BCUT2D eigenvalue weighted by Crippen LogP contribution is 2.08. The summed E-state index contributed by atoms with van der Waals surface area (Å²) >= 11 is 0. The van der Waals surface area contributed by atoms with Gasteiger partial charge in [0.25, 0.3) is 11.5 Å². The second-order valence-corrected chi connectivity index (χ2v) is 5.09. The highest BCUT2D eigenvalue weighted by Gasteiger charge is 2.26. The lowest BCUT2D eigenvalue weighted by Crippen LogP contribution is -2.43. The van der Waals surface area contributed by atoms with Crippen molar-refractivity contribution in [2.24, 2.45) is 0 Å². The number of aliphatic hydroxyl groups is 1. The number of nitrogens with one attached hydrogen (secondary N) is 2. The van der Waals surface area contributed by atoms with Crippen molar-refractivity contribution in [2.45, 2.75) is 32.8 Å². The Morgan fingerprint density at radius 2 is 2.00 bits per heavy atom. The molecule has 110 valence electrons. The minimum atomic E-state index is -1.58. The fraction of sp³-hybridized carbons (Fsp3) is 0.462. The Bertz CT molecular complexity index is 589. The number of amides is 1. The molecule has 0 spiro atoms. The number of aryl methyl sites for hydroxylation is 2. The summed E-state index contributed by atoms with van der Waals surface area (Å²) in [7, 11) is 0. The molecule has 4 N–H and O–H groups in total. The second-order valence-electron chi connectivity index (χ2n) is 5.09. The fourth-order valence-corrected chi connectivity index (χ4v) is 1.88. The average molecular weight is 282 g/mol. The molecule has 0 aliphatic carbocycles. The third-order valence-corrected chi connectivity index (χ3v) is 2.75. The molecule has 1 atom stereocenters. The zero-order chi connectivity index (χ0) is 15.5. The molecule has 1 aromatic rings. The first-order valence-electron chi connectivity index (χ1n) is 6.05. The number of hydrogen-bond donors (Lipinski definition) is 4. The first kappa shape index (κ1) is 15.9. The van der Waals surface area contributed by atoms with Crippen LogP contribution in [0.25, 0.3) is 0 Å². The normalized spacial score (nSPS) is 13.6. The van der Waals surface area contributed by atoms with Crippen LogP contribution in [-0.2, 0) is 4.79 Å². The van der Waals surface area contributed by atoms with Crippen LogP contribution in [0, 0.1) is 13.8 Å². The van der Waals surface area contributed by atoms with Crippen LogP contribution in [0.4, 0.5) is 0 Å². The smallest absolute Gasteiger partial charge is 0.306 e. The van der Waals surface area contributed by atoms with Crippen molar-refractivity contribution >= 4 is 11.9 Å². The third kappa shape index (κ3) is 4.20. The van der Waals surface area contributed by atoms with Gasteiger partial charge in [-0.25, -0.2) is 0 Å². The molecule has 0 fully saturated rings. The van der Waals surface area contributed by atoms with Crippen molar-refractivity contribution in [1.29, 1.82) is 0 Å². The van der Waals surface area contributed by atoms with Crippen LogP contribution in [0.5, 0.6) is 0 Å². The number of rotatable bonds is 5. The number of aromatic nitrogens is 1. The fourth-order valence-electron chi connectivity index (χ4n) is 1.88. The van der Waals surface area contributed by atoms with E-state index in [1.165, 1.54) is 6.92 Å². The second kappa shape index (κ2) is 5.87. The summed E-state index contributed by atoms with van der Waals surface area (Å²) in [6.07, 6.45) is -0.503. The Balaban J connectivity index is 2.83. The van der Waals surface area contributed by atoms with Crippen molar-refractivity contribution in [3.05, 3.63) is 33.2 Å². The number of carboxylic acids is 1. The largest absolute Gasteiger partial charge is 0.481 e. The van der Waals surface area contributed by atoms with E-state index in [9.17, 15) is 19.5 Å². The molecular weight excluding hydrogens is 264 g/mol. The van der Waals surface area contributed by atoms with Gasteiger partial charge in [0.2, 0.25) is 0 Å². The number of carbonyl (C=O) groups excluding carboxylic acids is 1. The first-order valence-corrected chi connectivity index (χ1v) is 6.05. The Hall–Kier alpha value is -2.15. The predicted octanol–water partition coefficient (Wildman–Crippen LogP) is -0.0528. The minimum Gasteiger partial charge on any atom is -0.481 e. The maximum Gasteiger partial charge on any atom is 0.306 e. The lowest BCUT2D eigenvalue weighted by atomic mass is 10.0. The number of aromatic amines is 1. The summed E-state index contributed by atoms with van der Waals surface area (Å²) < 4.78 is 0. The van der Waals surface area contributed by atoms with Gasteiger partial charge in [-0.05, 0) is 32.4 Å². The van der Waals surface area contributed by atoms with Gasteiger partial charge in [0.05, 0.1) is 12.0 Å². The van der Waals surface area contributed by atoms with Crippen LogP contribution >= 0.6 is 0 Å². The quantitative estimate of drug-likeness (QED) is 0.603. The third-order valence-electron chi connectivity index (χ3n) is 2.75. The molecule has 0 radical (unpaired) electrons. The molecule has 0 saturated heterocycles. The van der Waals surface area contributed by atoms with Crippen LogP contribution in [0.15, 0.2) is 10.9 Å². The predicted molar refractivity (Wildman–Crippen MR) is 71.7 cm³/mol. The molecular formula is C13H18N2O5. The number of H-pyrrole nitrogens is 1. The number of aliphatic carboxylic acids is 1. The van der Waals surface area contributed by atoms with E-state index < -0.39 is 29.5 Å². The van der Waals surface area contributed by atoms with Gasteiger partial charge in [-0.2, -0.15) is 0 Å². The minimum absolute atomic E-state index is 0.0401. The zero-order valence-corrected chi connectivity index (χ0v) is 11.6. The maximum atomic E-state index is 11.9. The summed E-state index contributed by atoms with van der Waals surface area (Å²) in [5.74, 6) is -1.82. The standard InChI is InChI=1S/C13H18N2O5/c1-7-4-8(2)15-12(19)10(7)11(18)14-6-13(3,20)5-9(16)17/h4,20H,5-6H2,1-3H3,(H,14,18)(H,15,19)(H,16,17). The van der Waals surface area contributed by atoms with Gasteiger partial charge in [-0.3, -0.25) is 14.4 Å². The summed E-state index contributed by atoms with van der Waals surface area (Å²) in [6.45, 7) is 4.37. The molecule has 1 aromatic heterocycles. The number of carboxylic acid groups (broad SMARTS) is 1. The molecule has 1 heterocycles. The molecule has 7 nitrogen and oxygen atoms in total. The van der Waals surface area contributed by atoms with E-state index in [1.807, 2.05) is 0 Å². The van der Waals surface area contributed by atoms with Gasteiger partial charge < -0.3 is 20.5 Å². The van der Waals surface area contributed by atoms with Gasteiger partial charge in [0.1, 0.15) is 5.56 Å². The molecule has 0 aliphatic rings. The zero-order valence-electron chi connectivity index (χ0n) is 11.6. The van der Waals surface area contributed by atoms with Crippen LogP contribution in [0.1, 0.15) is 35.0 Å². The van der Waals surface area contributed by atoms with Gasteiger partial charge >= 0.3 is 5.97 Å². The number of carbonyl (C=O) groups is 2. The molecule has 1 unspecified atom stereocenters. The van der Waals surface area contributed by atoms with Crippen LogP contribution in [-0.4, -0.2) is 39.2 Å². The molecule has 7 heteroatoms. The summed E-state index contributed by atoms with van der Waals surface area (Å²) in [5.41, 5.74) is -0.976. The SMILES string of the molecule is Cc1cc(C)c(C(=O)NCC(C)(O)CC(=O)O)c(=O)[nH]1. The molecule has 1 amide bonds. The van der Waals surface area contributed by atoms with Crippen molar-refractivity contribution in [3.8, 4) is 0 Å². The highest BCUT2D eigenvalue weighted by molar-refractivity contribution is 5.95. The van der Waals surface area contributed by atoms with E-state index >= 15 is 0 Å². The molecule has 0 bridgehead atoms. The molecule has 0 saturated carbocycles. The Morgan fingerprint density at radius 1 is 1.40 bits per heavy atom. The maximum absolute atomic E-state index is 11.9. The van der Waals surface area contributed by atoms with E-state index in [1.54, 1.807) is 19.9 Å². The summed E-state index contributed by atoms with van der Waals surface area (Å²) in [4.78, 5) is 36.7. The van der Waals surface area contributed by atoms with Crippen LogP contribution < -0.4 is 10.9 Å². The Morgan fingerprint density at radius 3 is 2.50 bits per heavy atom. The highest BCUT2D eigenvalue weighted by atomic mass is 16.4. The lowest BCUT2D eigenvalue weighted by Gasteiger charge is -2.21. The molecule has 0 aliphatic heterocycles. The van der Waals surface area contributed by atoms with E-state index in [0.717, 1.165) is 0 Å². The Kier molecular flexibility index (Phi) is 4.67. The van der Waals surface area contributed by atoms with Crippen molar-refractivity contribution in [1.82, 2.24) is 10.3 Å². The van der Waals surface area contributed by atoms with Gasteiger partial charge in [-0.1, -0.05) is 0 Å². The van der Waals surface area contributed by atoms with E-state index in [0.29, 0.717) is 11.3 Å². The van der Waals surface area contributed by atoms with Gasteiger partial charge in [0, 0.05) is 12.2 Å². The molecule has 20 heavy (non-hydrogen) atoms. The van der Waals surface area contributed by atoms with E-state index in [-0.39, 0.29) is 12.1 Å².